The Labute approximate surface area is 196 Å². The molecule has 0 aliphatic carbocycles. The van der Waals surface area contributed by atoms with Crippen molar-refractivity contribution in [2.75, 3.05) is 41.4 Å². The first-order valence-corrected chi connectivity index (χ1v) is 11.6. The average molecular weight is 485 g/mol. The van der Waals surface area contributed by atoms with Gasteiger partial charge in [-0.15, -0.1) is 0 Å². The Morgan fingerprint density at radius 2 is 1.39 bits per heavy atom. The first-order valence-electron chi connectivity index (χ1n) is 10.4. The highest BCUT2D eigenvalue weighted by molar-refractivity contribution is 6.43. The Morgan fingerprint density at radius 1 is 0.839 bits per heavy atom. The van der Waals surface area contributed by atoms with Gasteiger partial charge in [0.1, 0.15) is 0 Å². The number of phenolic OH excluding ortho intramolecular Hbond substituents is 1. The molecule has 0 saturated carbocycles. The molecule has 2 fully saturated rings. The van der Waals surface area contributed by atoms with Crippen molar-refractivity contribution in [2.24, 2.45) is 5.10 Å². The molecule has 2 saturated heterocycles. The van der Waals surface area contributed by atoms with Gasteiger partial charge in [-0.25, -0.2) is 5.43 Å². The molecule has 0 atom stereocenters. The van der Waals surface area contributed by atoms with Crippen LogP contribution in [0.4, 0.5) is 17.8 Å². The molecule has 2 aliphatic heterocycles. The molecular weight excluding hydrogens is 461 g/mol. The van der Waals surface area contributed by atoms with Crippen molar-refractivity contribution >= 4 is 58.9 Å². The van der Waals surface area contributed by atoms with Crippen LogP contribution in [0, 0.1) is 0 Å². The molecule has 2 aromatic rings. The smallest absolute Gasteiger partial charge is 0.250 e. The molecule has 11 heteroatoms. The van der Waals surface area contributed by atoms with Crippen LogP contribution in [0.15, 0.2) is 11.2 Å². The predicted molar refractivity (Wildman–Crippen MR) is 126 cm³/mol. The molecule has 0 bridgehead atoms. The number of benzene rings is 1. The van der Waals surface area contributed by atoms with Gasteiger partial charge in [-0.1, -0.05) is 34.8 Å². The number of piperidine rings is 2. The van der Waals surface area contributed by atoms with Gasteiger partial charge >= 0.3 is 0 Å². The van der Waals surface area contributed by atoms with E-state index in [9.17, 15) is 5.11 Å². The first kappa shape index (κ1) is 22.2. The maximum Gasteiger partial charge on any atom is 0.250 e. The lowest BCUT2D eigenvalue weighted by Gasteiger charge is -2.30. The summed E-state index contributed by atoms with van der Waals surface area (Å²) in [6.45, 7) is 3.73. The quantitative estimate of drug-likeness (QED) is 0.458. The normalized spacial score (nSPS) is 17.4. The summed E-state index contributed by atoms with van der Waals surface area (Å²) in [6.07, 6.45) is 8.37. The van der Waals surface area contributed by atoms with Crippen molar-refractivity contribution in [3.8, 4) is 5.75 Å². The Morgan fingerprint density at radius 3 is 1.94 bits per heavy atom. The molecule has 0 amide bonds. The molecule has 2 N–H and O–H groups in total. The van der Waals surface area contributed by atoms with Crippen LogP contribution in [0.25, 0.3) is 0 Å². The number of hydrogen-bond donors (Lipinski definition) is 2. The molecule has 1 aromatic heterocycles. The molecule has 8 nitrogen and oxygen atoms in total. The number of phenols is 1. The topological polar surface area (TPSA) is 89.8 Å². The van der Waals surface area contributed by atoms with Crippen LogP contribution < -0.4 is 15.2 Å². The van der Waals surface area contributed by atoms with Gasteiger partial charge in [-0.3, -0.25) is 0 Å². The van der Waals surface area contributed by atoms with Crippen molar-refractivity contribution in [2.45, 2.75) is 38.5 Å². The summed E-state index contributed by atoms with van der Waals surface area (Å²) in [6, 6.07) is 1.41. The number of nitrogens with zero attached hydrogens (tertiary/aromatic N) is 6. The van der Waals surface area contributed by atoms with E-state index in [-0.39, 0.29) is 20.8 Å². The standard InChI is InChI=1S/C20H24Cl3N7O/c21-14-11-15(22)17(31)16(23)13(14)12-24-28-18-25-19(29-7-3-1-4-8-29)27-20(26-18)30-9-5-2-6-10-30/h11-12,31H,1-10H2,(H,25,26,27,28)/b24-12+. The zero-order chi connectivity index (χ0) is 21.8. The Kier molecular flexibility index (Phi) is 7.20. The van der Waals surface area contributed by atoms with E-state index in [0.29, 0.717) is 23.4 Å². The molecule has 0 spiro atoms. The van der Waals surface area contributed by atoms with E-state index in [2.05, 4.69) is 30.3 Å². The second-order valence-electron chi connectivity index (χ2n) is 7.64. The minimum atomic E-state index is -0.242. The minimum absolute atomic E-state index is 0.0294. The summed E-state index contributed by atoms with van der Waals surface area (Å²) in [5.74, 6) is 1.42. The predicted octanol–water partition coefficient (Wildman–Crippen LogP) is 4.96. The van der Waals surface area contributed by atoms with Gasteiger partial charge in [0.15, 0.2) is 5.75 Å². The molecule has 4 rings (SSSR count). The monoisotopic (exact) mass is 483 g/mol. The van der Waals surface area contributed by atoms with Crippen molar-refractivity contribution in [3.05, 3.63) is 26.7 Å². The number of aromatic nitrogens is 3. The van der Waals surface area contributed by atoms with Crippen LogP contribution in [0.3, 0.4) is 0 Å². The Balaban J connectivity index is 1.59. The summed E-state index contributed by atoms with van der Waals surface area (Å²) < 4.78 is 0. The van der Waals surface area contributed by atoms with E-state index >= 15 is 0 Å². The van der Waals surface area contributed by atoms with E-state index in [0.717, 1.165) is 51.9 Å². The lowest BCUT2D eigenvalue weighted by molar-refractivity contribution is 0.476. The van der Waals surface area contributed by atoms with Crippen LogP contribution in [-0.2, 0) is 0 Å². The second-order valence-corrected chi connectivity index (χ2v) is 8.83. The summed E-state index contributed by atoms with van der Waals surface area (Å²) in [7, 11) is 0. The van der Waals surface area contributed by atoms with Crippen molar-refractivity contribution < 1.29 is 5.11 Å². The Hall–Kier alpha value is -2.03. The second kappa shape index (κ2) is 10.1. The molecule has 31 heavy (non-hydrogen) atoms. The van der Waals surface area contributed by atoms with E-state index in [1.807, 2.05) is 0 Å². The lowest BCUT2D eigenvalue weighted by atomic mass is 10.1. The fourth-order valence-electron chi connectivity index (χ4n) is 3.74. The fraction of sp³-hybridized carbons (Fsp3) is 0.500. The zero-order valence-corrected chi connectivity index (χ0v) is 19.3. The SMILES string of the molecule is Oc1c(Cl)cc(Cl)c(/C=N/Nc2nc(N3CCCCC3)nc(N3CCCCC3)n2)c1Cl. The van der Waals surface area contributed by atoms with E-state index < -0.39 is 0 Å². The molecule has 0 unspecified atom stereocenters. The summed E-state index contributed by atoms with van der Waals surface area (Å²) in [5.41, 5.74) is 3.21. The third-order valence-corrected chi connectivity index (χ3v) is 6.41. The Bertz CT molecular complexity index is 924. The van der Waals surface area contributed by atoms with Crippen LogP contribution in [0.1, 0.15) is 44.1 Å². The lowest BCUT2D eigenvalue weighted by Crippen LogP contribution is -2.34. The van der Waals surface area contributed by atoms with Crippen molar-refractivity contribution in [1.29, 1.82) is 0 Å². The average Bonchev–Trinajstić information content (AvgIpc) is 2.81. The fourth-order valence-corrected chi connectivity index (χ4v) is 4.60. The van der Waals surface area contributed by atoms with Gasteiger partial charge in [0, 0.05) is 31.7 Å². The minimum Gasteiger partial charge on any atom is -0.505 e. The largest absolute Gasteiger partial charge is 0.505 e. The van der Waals surface area contributed by atoms with Gasteiger partial charge < -0.3 is 14.9 Å². The first-order chi connectivity index (χ1) is 15.0. The maximum atomic E-state index is 9.94. The zero-order valence-electron chi connectivity index (χ0n) is 17.0. The highest BCUT2D eigenvalue weighted by Crippen LogP contribution is 2.38. The summed E-state index contributed by atoms with van der Waals surface area (Å²) in [4.78, 5) is 18.3. The third kappa shape index (κ3) is 5.25. The number of anilines is 3. The third-order valence-electron chi connectivity index (χ3n) is 5.43. The van der Waals surface area contributed by atoms with Crippen LogP contribution in [-0.4, -0.2) is 52.5 Å². The number of rotatable bonds is 5. The number of hydrazone groups is 1. The van der Waals surface area contributed by atoms with Crippen molar-refractivity contribution in [3.63, 3.8) is 0 Å². The maximum absolute atomic E-state index is 9.94. The van der Waals surface area contributed by atoms with Gasteiger partial charge in [0.05, 0.1) is 21.3 Å². The van der Waals surface area contributed by atoms with E-state index in [1.54, 1.807) is 0 Å². The molecule has 166 valence electrons. The molecular formula is C20H24Cl3N7O. The van der Waals surface area contributed by atoms with E-state index in [4.69, 9.17) is 39.8 Å². The molecule has 1 aromatic carbocycles. The highest BCUT2D eigenvalue weighted by Gasteiger charge is 2.20. The molecule has 3 heterocycles. The van der Waals surface area contributed by atoms with E-state index in [1.165, 1.54) is 25.1 Å². The van der Waals surface area contributed by atoms with Gasteiger partial charge in [0.25, 0.3) is 0 Å². The molecule has 0 radical (unpaired) electrons. The van der Waals surface area contributed by atoms with Gasteiger partial charge in [0.2, 0.25) is 17.8 Å². The van der Waals surface area contributed by atoms with Gasteiger partial charge in [-0.05, 0) is 44.6 Å². The number of aromatic hydroxyl groups is 1. The van der Waals surface area contributed by atoms with Crippen molar-refractivity contribution in [1.82, 2.24) is 15.0 Å². The molecule has 2 aliphatic rings. The summed E-state index contributed by atoms with van der Waals surface area (Å²) >= 11 is 18.2. The van der Waals surface area contributed by atoms with Crippen LogP contribution in [0.2, 0.25) is 15.1 Å². The van der Waals surface area contributed by atoms with Gasteiger partial charge in [-0.2, -0.15) is 20.1 Å². The number of nitrogens with one attached hydrogen (secondary N) is 1. The number of halogens is 3. The van der Waals surface area contributed by atoms with Crippen LogP contribution in [0.5, 0.6) is 5.75 Å². The van der Waals surface area contributed by atoms with Crippen LogP contribution >= 0.6 is 34.8 Å². The number of hydrogen-bond acceptors (Lipinski definition) is 8. The summed E-state index contributed by atoms with van der Waals surface area (Å²) in [5, 5.41) is 14.5. The highest BCUT2D eigenvalue weighted by atomic mass is 35.5.